The van der Waals surface area contributed by atoms with E-state index in [1.807, 2.05) is 78.9 Å². The molecule has 4 aromatic carbocycles. The van der Waals surface area contributed by atoms with E-state index in [1.165, 1.54) is 11.8 Å². The number of para-hydroxylation sites is 2. The molecule has 1 fully saturated rings. The van der Waals surface area contributed by atoms with Gasteiger partial charge in [0.25, 0.3) is 5.91 Å². The number of ether oxygens (including phenoxy) is 2. The highest BCUT2D eigenvalue weighted by Gasteiger charge is 2.32. The van der Waals surface area contributed by atoms with Gasteiger partial charge in [-0.05, 0) is 41.4 Å². The second-order valence-corrected chi connectivity index (χ2v) is 11.2. The predicted molar refractivity (Wildman–Crippen MR) is 168 cm³/mol. The largest absolute Gasteiger partial charge is 0.392 e. The Balaban J connectivity index is 1.12. The van der Waals surface area contributed by atoms with Crippen LogP contribution in [0.25, 0.3) is 11.0 Å². The molecule has 3 atom stereocenters. The van der Waals surface area contributed by atoms with Crippen LogP contribution in [-0.4, -0.2) is 45.6 Å². The Morgan fingerprint density at radius 1 is 0.841 bits per heavy atom. The normalized spacial score (nSPS) is 18.4. The smallest absolute Gasteiger partial charge is 0.271 e. The van der Waals surface area contributed by atoms with Crippen LogP contribution < -0.4 is 5.32 Å². The summed E-state index contributed by atoms with van der Waals surface area (Å²) in [5.74, 6) is -0.274. The van der Waals surface area contributed by atoms with Gasteiger partial charge in [0.1, 0.15) is 5.69 Å². The maximum Gasteiger partial charge on any atom is 0.271 e. The molecule has 1 amide bonds. The lowest BCUT2D eigenvalue weighted by molar-refractivity contribution is -0.252. The van der Waals surface area contributed by atoms with E-state index in [4.69, 9.17) is 9.47 Å². The molecule has 0 aliphatic carbocycles. The first kappa shape index (κ1) is 29.6. The predicted octanol–water partition coefficient (Wildman–Crippen LogP) is 5.73. The average molecular weight is 589 g/mol. The van der Waals surface area contributed by atoms with Crippen molar-refractivity contribution in [3.63, 3.8) is 0 Å². The van der Waals surface area contributed by atoms with E-state index in [0.29, 0.717) is 12.1 Å². The van der Waals surface area contributed by atoms with Gasteiger partial charge < -0.3 is 19.9 Å². The van der Waals surface area contributed by atoms with Crippen molar-refractivity contribution in [2.45, 2.75) is 44.6 Å². The third kappa shape index (κ3) is 7.35. The fourth-order valence-corrected chi connectivity index (χ4v) is 5.47. The Bertz CT molecular complexity index is 1680. The van der Waals surface area contributed by atoms with E-state index in [0.717, 1.165) is 47.3 Å². The summed E-state index contributed by atoms with van der Waals surface area (Å²) in [7, 11) is 2.11. The van der Waals surface area contributed by atoms with Crippen LogP contribution in [0.15, 0.2) is 109 Å². The third-order valence-electron chi connectivity index (χ3n) is 7.81. The standard InChI is InChI=1S/C36H36N4O4/c1-40(22-26-7-3-2-4-8-26)23-30-19-34(28-15-13-27(24-41)14-16-28)44-36(43-30)29-17-11-25(12-18-29)20-38-35(42)33-21-37-31-9-5-6-10-32(31)39-33/h2-18,21,30,34,36,41H,19-20,22-24H2,1H3,(H,38,42). The number of hydrogen-bond acceptors (Lipinski definition) is 7. The fraction of sp³-hybridized carbons (Fsp3) is 0.250. The number of benzene rings is 4. The van der Waals surface area contributed by atoms with Gasteiger partial charge in [0, 0.05) is 31.6 Å². The summed E-state index contributed by atoms with van der Waals surface area (Å²) < 4.78 is 13.0. The molecular formula is C36H36N4O4. The van der Waals surface area contributed by atoms with Crippen molar-refractivity contribution in [2.24, 2.45) is 0 Å². The van der Waals surface area contributed by atoms with Crippen molar-refractivity contribution < 1.29 is 19.4 Å². The first-order chi connectivity index (χ1) is 21.5. The monoisotopic (exact) mass is 588 g/mol. The fourth-order valence-electron chi connectivity index (χ4n) is 5.47. The summed E-state index contributed by atoms with van der Waals surface area (Å²) in [5, 5.41) is 12.4. The Labute approximate surface area is 257 Å². The van der Waals surface area contributed by atoms with E-state index < -0.39 is 6.29 Å². The van der Waals surface area contributed by atoms with Crippen molar-refractivity contribution in [1.29, 1.82) is 0 Å². The van der Waals surface area contributed by atoms with Gasteiger partial charge in [-0.15, -0.1) is 0 Å². The van der Waals surface area contributed by atoms with Gasteiger partial charge in [-0.1, -0.05) is 91.0 Å². The number of rotatable bonds is 10. The summed E-state index contributed by atoms with van der Waals surface area (Å²) in [6.07, 6.45) is 1.47. The van der Waals surface area contributed by atoms with Gasteiger partial charge in [0.15, 0.2) is 6.29 Å². The van der Waals surface area contributed by atoms with Gasteiger partial charge in [-0.3, -0.25) is 14.7 Å². The molecule has 8 nitrogen and oxygen atoms in total. The van der Waals surface area contributed by atoms with Crippen LogP contribution in [0.5, 0.6) is 0 Å². The highest BCUT2D eigenvalue weighted by molar-refractivity contribution is 5.93. The molecule has 6 rings (SSSR count). The molecule has 2 heterocycles. The summed E-state index contributed by atoms with van der Waals surface area (Å²) in [6, 6.07) is 33.7. The van der Waals surface area contributed by atoms with Crippen molar-refractivity contribution in [3.8, 4) is 0 Å². The second-order valence-electron chi connectivity index (χ2n) is 11.2. The van der Waals surface area contributed by atoms with Crippen LogP contribution in [-0.2, 0) is 29.2 Å². The van der Waals surface area contributed by atoms with Gasteiger partial charge in [-0.2, -0.15) is 0 Å². The van der Waals surface area contributed by atoms with E-state index >= 15 is 0 Å². The van der Waals surface area contributed by atoms with Gasteiger partial charge >= 0.3 is 0 Å². The topological polar surface area (TPSA) is 96.8 Å². The zero-order chi connectivity index (χ0) is 30.3. The van der Waals surface area contributed by atoms with Gasteiger partial charge in [0.05, 0.1) is 36.0 Å². The molecule has 224 valence electrons. The van der Waals surface area contributed by atoms with Crippen molar-refractivity contribution >= 4 is 16.9 Å². The molecule has 5 aromatic rings. The summed E-state index contributed by atoms with van der Waals surface area (Å²) in [5.41, 5.74) is 6.75. The number of aliphatic hydroxyl groups excluding tert-OH is 1. The number of aromatic nitrogens is 2. The highest BCUT2D eigenvalue weighted by Crippen LogP contribution is 2.38. The van der Waals surface area contributed by atoms with E-state index in [9.17, 15) is 9.90 Å². The molecule has 0 bridgehead atoms. The van der Waals surface area contributed by atoms with Crippen LogP contribution in [0.1, 0.15) is 57.1 Å². The zero-order valence-corrected chi connectivity index (χ0v) is 24.7. The minimum Gasteiger partial charge on any atom is -0.392 e. The molecule has 44 heavy (non-hydrogen) atoms. The quantitative estimate of drug-likeness (QED) is 0.215. The lowest BCUT2D eigenvalue weighted by atomic mass is 9.99. The lowest BCUT2D eigenvalue weighted by Gasteiger charge is -2.38. The lowest BCUT2D eigenvalue weighted by Crippen LogP contribution is -2.37. The maximum absolute atomic E-state index is 12.8. The first-order valence-electron chi connectivity index (χ1n) is 14.9. The molecule has 0 spiro atoms. The molecule has 0 saturated carbocycles. The average Bonchev–Trinajstić information content (AvgIpc) is 3.07. The molecule has 1 saturated heterocycles. The second kappa shape index (κ2) is 13.9. The number of nitrogens with one attached hydrogen (secondary N) is 1. The SMILES string of the molecule is CN(Cc1ccccc1)CC1CC(c2ccc(CO)cc2)OC(c2ccc(CNC(=O)c3cnc4ccccc4n3)cc2)O1. The minimum atomic E-state index is -0.544. The van der Waals surface area contributed by atoms with Crippen LogP contribution in [0.4, 0.5) is 0 Å². The van der Waals surface area contributed by atoms with Gasteiger partial charge in [0.2, 0.25) is 0 Å². The Hall–Kier alpha value is -4.47. The number of fused-ring (bicyclic) bond motifs is 1. The van der Waals surface area contributed by atoms with Crippen molar-refractivity contribution in [2.75, 3.05) is 13.6 Å². The number of amides is 1. The number of likely N-dealkylation sites (N-methyl/N-ethyl adjacent to an activating group) is 1. The summed E-state index contributed by atoms with van der Waals surface area (Å²) in [6.45, 7) is 1.94. The number of nitrogens with zero attached hydrogens (tertiary/aromatic N) is 3. The molecule has 3 unspecified atom stereocenters. The zero-order valence-electron chi connectivity index (χ0n) is 24.7. The van der Waals surface area contributed by atoms with E-state index in [1.54, 1.807) is 0 Å². The van der Waals surface area contributed by atoms with Crippen LogP contribution in [0.2, 0.25) is 0 Å². The number of hydrogen-bond donors (Lipinski definition) is 2. The van der Waals surface area contributed by atoms with Crippen LogP contribution in [0.3, 0.4) is 0 Å². The van der Waals surface area contributed by atoms with Crippen molar-refractivity contribution in [3.05, 3.63) is 143 Å². The molecule has 1 aliphatic heterocycles. The first-order valence-corrected chi connectivity index (χ1v) is 14.9. The summed E-state index contributed by atoms with van der Waals surface area (Å²) in [4.78, 5) is 23.8. The molecular weight excluding hydrogens is 552 g/mol. The number of carbonyl (C=O) groups is 1. The molecule has 1 aromatic heterocycles. The van der Waals surface area contributed by atoms with Crippen LogP contribution in [0, 0.1) is 0 Å². The number of aliphatic hydroxyl groups is 1. The van der Waals surface area contributed by atoms with Crippen molar-refractivity contribution in [1.82, 2.24) is 20.2 Å². The highest BCUT2D eigenvalue weighted by atomic mass is 16.7. The summed E-state index contributed by atoms with van der Waals surface area (Å²) >= 11 is 0. The Kier molecular flexibility index (Phi) is 9.34. The van der Waals surface area contributed by atoms with E-state index in [-0.39, 0.29) is 30.4 Å². The Morgan fingerprint density at radius 3 is 2.27 bits per heavy atom. The molecule has 0 radical (unpaired) electrons. The number of carbonyl (C=O) groups excluding carboxylic acids is 1. The minimum absolute atomic E-state index is 0.00685. The van der Waals surface area contributed by atoms with E-state index in [2.05, 4.69) is 51.5 Å². The molecule has 1 aliphatic rings. The molecule has 2 N–H and O–H groups in total. The third-order valence-corrected chi connectivity index (χ3v) is 7.81. The maximum atomic E-state index is 12.8. The van der Waals surface area contributed by atoms with Gasteiger partial charge in [-0.25, -0.2) is 4.98 Å². The Morgan fingerprint density at radius 2 is 1.52 bits per heavy atom. The molecule has 8 heteroatoms. The van der Waals surface area contributed by atoms with Crippen LogP contribution >= 0.6 is 0 Å².